The molecular formula is C10H12Cl2N4O2. The SMILES string of the molecule is CC(=O)O.NC(N)=N/N=C/c1cc(Cl)ccc1Cl. The van der Waals surface area contributed by atoms with Gasteiger partial charge >= 0.3 is 0 Å². The third-order valence-corrected chi connectivity index (χ3v) is 1.91. The van der Waals surface area contributed by atoms with Crippen molar-refractivity contribution in [2.45, 2.75) is 6.92 Å². The van der Waals surface area contributed by atoms with Crippen molar-refractivity contribution in [1.29, 1.82) is 0 Å². The van der Waals surface area contributed by atoms with E-state index in [4.69, 9.17) is 44.6 Å². The summed E-state index contributed by atoms with van der Waals surface area (Å²) in [4.78, 5) is 9.00. The van der Waals surface area contributed by atoms with E-state index in [1.54, 1.807) is 18.2 Å². The van der Waals surface area contributed by atoms with Gasteiger partial charge in [-0.25, -0.2) is 0 Å². The summed E-state index contributed by atoms with van der Waals surface area (Å²) in [7, 11) is 0. The standard InChI is InChI=1S/C8H8Cl2N4.C2H4O2/c9-6-1-2-7(10)5(3-6)4-13-14-8(11)12;1-2(3)4/h1-4H,(H4,11,12,14);1H3,(H,3,4)/b13-4+;. The van der Waals surface area contributed by atoms with Crippen LogP contribution in [0.2, 0.25) is 10.0 Å². The molecule has 0 saturated carbocycles. The number of carboxylic acid groups (broad SMARTS) is 1. The molecule has 0 aliphatic heterocycles. The van der Waals surface area contributed by atoms with E-state index in [0.29, 0.717) is 15.6 Å². The van der Waals surface area contributed by atoms with Gasteiger partial charge in [-0.3, -0.25) is 4.79 Å². The Hall–Kier alpha value is -1.79. The molecule has 0 unspecified atom stereocenters. The Morgan fingerprint density at radius 2 is 1.94 bits per heavy atom. The summed E-state index contributed by atoms with van der Waals surface area (Å²) >= 11 is 11.6. The molecule has 5 N–H and O–H groups in total. The van der Waals surface area contributed by atoms with Gasteiger partial charge in [0.05, 0.1) is 6.21 Å². The van der Waals surface area contributed by atoms with Crippen molar-refractivity contribution in [2.75, 3.05) is 0 Å². The first-order chi connectivity index (χ1) is 8.32. The Morgan fingerprint density at radius 1 is 1.39 bits per heavy atom. The fraction of sp³-hybridized carbons (Fsp3) is 0.100. The van der Waals surface area contributed by atoms with Gasteiger partial charge in [-0.15, -0.1) is 5.10 Å². The molecule has 0 saturated heterocycles. The topological polar surface area (TPSA) is 114 Å². The van der Waals surface area contributed by atoms with Gasteiger partial charge in [-0.2, -0.15) is 5.10 Å². The molecule has 0 spiro atoms. The molecule has 0 aliphatic carbocycles. The van der Waals surface area contributed by atoms with E-state index in [9.17, 15) is 0 Å². The Balaban J connectivity index is 0.000000631. The average molecular weight is 291 g/mol. The van der Waals surface area contributed by atoms with Crippen LogP contribution in [-0.2, 0) is 4.79 Å². The average Bonchev–Trinajstić information content (AvgIpc) is 2.22. The molecule has 6 nitrogen and oxygen atoms in total. The molecule has 1 aromatic carbocycles. The van der Waals surface area contributed by atoms with E-state index in [2.05, 4.69) is 10.2 Å². The molecule has 18 heavy (non-hydrogen) atoms. The van der Waals surface area contributed by atoms with E-state index in [-0.39, 0.29) is 5.96 Å². The van der Waals surface area contributed by atoms with Gasteiger partial charge in [-0.1, -0.05) is 23.2 Å². The summed E-state index contributed by atoms with van der Waals surface area (Å²) in [5.41, 5.74) is 10.8. The summed E-state index contributed by atoms with van der Waals surface area (Å²) in [6.45, 7) is 1.08. The number of hydrogen-bond acceptors (Lipinski definition) is 3. The second-order valence-electron chi connectivity index (χ2n) is 2.95. The van der Waals surface area contributed by atoms with E-state index in [0.717, 1.165) is 6.92 Å². The third-order valence-electron chi connectivity index (χ3n) is 1.33. The molecule has 0 heterocycles. The van der Waals surface area contributed by atoms with Crippen molar-refractivity contribution in [3.05, 3.63) is 33.8 Å². The zero-order valence-electron chi connectivity index (χ0n) is 9.47. The minimum Gasteiger partial charge on any atom is -0.481 e. The number of carbonyl (C=O) groups is 1. The zero-order valence-corrected chi connectivity index (χ0v) is 11.0. The first-order valence-electron chi connectivity index (χ1n) is 4.59. The normalized spacial score (nSPS) is 9.50. The van der Waals surface area contributed by atoms with Gasteiger partial charge in [0, 0.05) is 22.5 Å². The van der Waals surface area contributed by atoms with Gasteiger partial charge in [0.15, 0.2) is 0 Å². The molecule has 98 valence electrons. The van der Waals surface area contributed by atoms with E-state index in [1.165, 1.54) is 6.21 Å². The highest BCUT2D eigenvalue weighted by atomic mass is 35.5. The fourth-order valence-electron chi connectivity index (χ4n) is 0.771. The number of carboxylic acids is 1. The Morgan fingerprint density at radius 3 is 2.44 bits per heavy atom. The number of rotatable bonds is 2. The highest BCUT2D eigenvalue weighted by Crippen LogP contribution is 2.18. The highest BCUT2D eigenvalue weighted by molar-refractivity contribution is 6.35. The molecule has 1 rings (SSSR count). The van der Waals surface area contributed by atoms with Gasteiger partial charge < -0.3 is 16.6 Å². The van der Waals surface area contributed by atoms with E-state index < -0.39 is 5.97 Å². The van der Waals surface area contributed by atoms with Crippen LogP contribution in [0.3, 0.4) is 0 Å². The lowest BCUT2D eigenvalue weighted by atomic mass is 10.2. The summed E-state index contributed by atoms with van der Waals surface area (Å²) in [5.74, 6) is -0.945. The minimum atomic E-state index is -0.833. The molecule has 0 amide bonds. The van der Waals surface area contributed by atoms with Crippen LogP contribution in [0.25, 0.3) is 0 Å². The number of halogens is 2. The molecule has 0 atom stereocenters. The van der Waals surface area contributed by atoms with Crippen molar-refractivity contribution in [3.63, 3.8) is 0 Å². The Bertz CT molecular complexity index is 467. The van der Waals surface area contributed by atoms with Gasteiger partial charge in [0.1, 0.15) is 0 Å². The van der Waals surface area contributed by atoms with Gasteiger partial charge in [-0.05, 0) is 18.2 Å². The molecular weight excluding hydrogens is 279 g/mol. The molecule has 0 aromatic heterocycles. The van der Waals surface area contributed by atoms with E-state index in [1.807, 2.05) is 0 Å². The first-order valence-corrected chi connectivity index (χ1v) is 5.35. The number of benzene rings is 1. The number of guanidine groups is 1. The van der Waals surface area contributed by atoms with Crippen LogP contribution in [0.5, 0.6) is 0 Å². The molecule has 1 aromatic rings. The summed E-state index contributed by atoms with van der Waals surface area (Å²) in [5, 5.41) is 15.6. The fourth-order valence-corrected chi connectivity index (χ4v) is 1.12. The lowest BCUT2D eigenvalue weighted by molar-refractivity contribution is -0.134. The Labute approximate surface area is 114 Å². The van der Waals surface area contributed by atoms with Crippen molar-refractivity contribution < 1.29 is 9.90 Å². The Kier molecular flexibility index (Phi) is 7.50. The van der Waals surface area contributed by atoms with Crippen LogP contribution in [0.1, 0.15) is 12.5 Å². The molecule has 0 bridgehead atoms. The van der Waals surface area contributed by atoms with Crippen molar-refractivity contribution in [1.82, 2.24) is 0 Å². The van der Waals surface area contributed by atoms with Crippen LogP contribution in [0, 0.1) is 0 Å². The monoisotopic (exact) mass is 290 g/mol. The van der Waals surface area contributed by atoms with Crippen LogP contribution in [-0.4, -0.2) is 23.2 Å². The molecule has 0 aliphatic rings. The van der Waals surface area contributed by atoms with Crippen LogP contribution in [0.4, 0.5) is 0 Å². The minimum absolute atomic E-state index is 0.112. The predicted octanol–water partition coefficient (Wildman–Crippen LogP) is 1.69. The second-order valence-corrected chi connectivity index (χ2v) is 3.80. The van der Waals surface area contributed by atoms with Crippen molar-refractivity contribution in [2.24, 2.45) is 21.7 Å². The second kappa shape index (κ2) is 8.32. The number of aliphatic carboxylic acids is 1. The van der Waals surface area contributed by atoms with Crippen LogP contribution in [0.15, 0.2) is 28.4 Å². The molecule has 8 heteroatoms. The van der Waals surface area contributed by atoms with Gasteiger partial charge in [0.25, 0.3) is 5.97 Å². The largest absolute Gasteiger partial charge is 0.481 e. The molecule has 0 radical (unpaired) electrons. The number of nitrogens with two attached hydrogens (primary N) is 2. The highest BCUT2D eigenvalue weighted by Gasteiger charge is 1.97. The summed E-state index contributed by atoms with van der Waals surface area (Å²) in [6.07, 6.45) is 1.42. The lowest BCUT2D eigenvalue weighted by Gasteiger charge is -1.96. The third kappa shape index (κ3) is 8.37. The maximum atomic E-state index is 9.00. The maximum absolute atomic E-state index is 9.00. The zero-order chi connectivity index (χ0) is 14.1. The summed E-state index contributed by atoms with van der Waals surface area (Å²) in [6, 6.07) is 5.01. The molecule has 0 fully saturated rings. The van der Waals surface area contributed by atoms with Crippen LogP contribution >= 0.6 is 23.2 Å². The van der Waals surface area contributed by atoms with E-state index >= 15 is 0 Å². The van der Waals surface area contributed by atoms with Gasteiger partial charge in [0.2, 0.25) is 5.96 Å². The number of nitrogens with zero attached hydrogens (tertiary/aromatic N) is 2. The quantitative estimate of drug-likeness (QED) is 0.437. The predicted molar refractivity (Wildman–Crippen MR) is 73.2 cm³/mol. The van der Waals surface area contributed by atoms with Crippen LogP contribution < -0.4 is 11.5 Å². The van der Waals surface area contributed by atoms with Crippen molar-refractivity contribution in [3.8, 4) is 0 Å². The first kappa shape index (κ1) is 16.2. The smallest absolute Gasteiger partial charge is 0.300 e. The summed E-state index contributed by atoms with van der Waals surface area (Å²) < 4.78 is 0. The lowest BCUT2D eigenvalue weighted by Crippen LogP contribution is -2.21. The number of hydrogen-bond donors (Lipinski definition) is 3. The van der Waals surface area contributed by atoms with Crippen molar-refractivity contribution >= 4 is 41.3 Å². The maximum Gasteiger partial charge on any atom is 0.300 e.